The molecule has 1 amide bonds. The van der Waals surface area contributed by atoms with Gasteiger partial charge in [0, 0.05) is 23.0 Å². The molecule has 7 heteroatoms. The van der Waals surface area contributed by atoms with E-state index in [0.717, 1.165) is 16.9 Å². The highest BCUT2D eigenvalue weighted by Crippen LogP contribution is 2.40. The quantitative estimate of drug-likeness (QED) is 0.739. The van der Waals surface area contributed by atoms with Crippen molar-refractivity contribution in [1.82, 2.24) is 9.55 Å². The maximum absolute atomic E-state index is 12.4. The van der Waals surface area contributed by atoms with Gasteiger partial charge in [-0.3, -0.25) is 9.36 Å². The number of methoxy groups -OCH3 is 2. The van der Waals surface area contributed by atoms with Gasteiger partial charge in [-0.25, -0.2) is 4.98 Å². The minimum Gasteiger partial charge on any atom is -0.493 e. The third-order valence-corrected chi connectivity index (χ3v) is 4.90. The summed E-state index contributed by atoms with van der Waals surface area (Å²) in [6.07, 6.45) is 2.02. The first-order valence-electron chi connectivity index (χ1n) is 8.45. The molecular formula is C20H18ClN3O3. The molecule has 0 spiro atoms. The van der Waals surface area contributed by atoms with Gasteiger partial charge in [-0.05, 0) is 35.9 Å². The molecular weight excluding hydrogens is 366 g/mol. The Hall–Kier alpha value is -2.99. The summed E-state index contributed by atoms with van der Waals surface area (Å²) in [6.45, 7) is 0. The molecule has 27 heavy (non-hydrogen) atoms. The first-order valence-corrected chi connectivity index (χ1v) is 8.83. The largest absolute Gasteiger partial charge is 0.493 e. The first-order chi connectivity index (χ1) is 13.1. The Morgan fingerprint density at radius 3 is 2.70 bits per heavy atom. The molecule has 0 fully saturated rings. The van der Waals surface area contributed by atoms with E-state index in [1.165, 1.54) is 0 Å². The summed E-state index contributed by atoms with van der Waals surface area (Å²) < 4.78 is 12.5. The summed E-state index contributed by atoms with van der Waals surface area (Å²) in [6, 6.07) is 13.1. The molecule has 1 aliphatic rings. The van der Waals surface area contributed by atoms with Gasteiger partial charge >= 0.3 is 0 Å². The lowest BCUT2D eigenvalue weighted by atomic mass is 9.89. The van der Waals surface area contributed by atoms with Gasteiger partial charge in [0.15, 0.2) is 11.5 Å². The predicted molar refractivity (Wildman–Crippen MR) is 103 cm³/mol. The Labute approximate surface area is 161 Å². The van der Waals surface area contributed by atoms with Gasteiger partial charge in [-0.15, -0.1) is 0 Å². The van der Waals surface area contributed by atoms with Crippen LogP contribution in [0.3, 0.4) is 0 Å². The van der Waals surface area contributed by atoms with E-state index in [0.29, 0.717) is 28.8 Å². The van der Waals surface area contributed by atoms with E-state index in [1.54, 1.807) is 26.6 Å². The number of nitrogens with zero attached hydrogens (tertiary/aromatic N) is 2. The number of carbonyl (C=O) groups excluding carboxylic acids is 1. The number of nitrogens with one attached hydrogen (secondary N) is 1. The van der Waals surface area contributed by atoms with Gasteiger partial charge in [0.1, 0.15) is 12.1 Å². The number of benzene rings is 2. The van der Waals surface area contributed by atoms with Gasteiger partial charge in [-0.2, -0.15) is 0 Å². The van der Waals surface area contributed by atoms with E-state index in [9.17, 15) is 4.79 Å². The van der Waals surface area contributed by atoms with Crippen molar-refractivity contribution in [2.24, 2.45) is 0 Å². The van der Waals surface area contributed by atoms with Crippen molar-refractivity contribution >= 4 is 23.3 Å². The molecule has 1 aromatic heterocycles. The first kappa shape index (κ1) is 17.4. The zero-order valence-corrected chi connectivity index (χ0v) is 15.7. The molecule has 0 bridgehead atoms. The summed E-state index contributed by atoms with van der Waals surface area (Å²) in [5, 5.41) is 3.56. The van der Waals surface area contributed by atoms with Crippen molar-refractivity contribution in [2.75, 3.05) is 19.5 Å². The lowest BCUT2D eigenvalue weighted by Gasteiger charge is -2.24. The van der Waals surface area contributed by atoms with E-state index < -0.39 is 0 Å². The number of halogens is 1. The predicted octanol–water partition coefficient (Wildman–Crippen LogP) is 4.02. The molecule has 6 nitrogen and oxygen atoms in total. The number of carbonyl (C=O) groups is 1. The summed E-state index contributed by atoms with van der Waals surface area (Å²) in [4.78, 5) is 17.0. The molecule has 138 valence electrons. The van der Waals surface area contributed by atoms with Crippen LogP contribution in [0.5, 0.6) is 11.5 Å². The van der Waals surface area contributed by atoms with Crippen LogP contribution in [0.25, 0.3) is 5.69 Å². The zero-order chi connectivity index (χ0) is 19.0. The molecule has 0 radical (unpaired) electrons. The molecule has 0 saturated heterocycles. The van der Waals surface area contributed by atoms with Crippen LogP contribution in [-0.2, 0) is 4.79 Å². The number of hydrogen-bond acceptors (Lipinski definition) is 4. The molecule has 2 aromatic carbocycles. The second-order valence-electron chi connectivity index (χ2n) is 6.25. The van der Waals surface area contributed by atoms with Crippen LogP contribution in [0.2, 0.25) is 5.02 Å². The van der Waals surface area contributed by atoms with E-state index in [-0.39, 0.29) is 11.8 Å². The monoisotopic (exact) mass is 383 g/mol. The third kappa shape index (κ3) is 3.13. The van der Waals surface area contributed by atoms with E-state index >= 15 is 0 Å². The van der Waals surface area contributed by atoms with Crippen LogP contribution in [0.1, 0.15) is 23.6 Å². The fourth-order valence-corrected chi connectivity index (χ4v) is 3.56. The molecule has 3 aromatic rings. The number of aromatic nitrogens is 2. The van der Waals surface area contributed by atoms with E-state index in [1.807, 2.05) is 41.0 Å². The summed E-state index contributed by atoms with van der Waals surface area (Å²) >= 11 is 6.11. The lowest BCUT2D eigenvalue weighted by Crippen LogP contribution is -2.25. The normalized spacial score (nSPS) is 15.8. The summed E-state index contributed by atoms with van der Waals surface area (Å²) in [5.74, 6) is 1.69. The Morgan fingerprint density at radius 2 is 1.96 bits per heavy atom. The Balaban J connectivity index is 1.80. The molecule has 1 aliphatic heterocycles. The van der Waals surface area contributed by atoms with Crippen LogP contribution >= 0.6 is 11.6 Å². The lowest BCUT2D eigenvalue weighted by molar-refractivity contribution is -0.116. The molecule has 1 unspecified atom stereocenters. The Kier molecular flexibility index (Phi) is 4.49. The number of rotatable bonds is 4. The van der Waals surface area contributed by atoms with Crippen molar-refractivity contribution in [1.29, 1.82) is 0 Å². The van der Waals surface area contributed by atoms with Crippen LogP contribution in [0.4, 0.5) is 5.82 Å². The number of fused-ring (bicyclic) bond motifs is 1. The van der Waals surface area contributed by atoms with Gasteiger partial charge in [-0.1, -0.05) is 23.7 Å². The highest BCUT2D eigenvalue weighted by Gasteiger charge is 2.31. The Bertz CT molecular complexity index is 1020. The number of ether oxygens (including phenoxy) is 2. The molecule has 2 heterocycles. The van der Waals surface area contributed by atoms with Crippen LogP contribution in [-0.4, -0.2) is 29.7 Å². The average molecular weight is 384 g/mol. The molecule has 0 saturated carbocycles. The van der Waals surface area contributed by atoms with Crippen molar-refractivity contribution in [2.45, 2.75) is 12.3 Å². The number of anilines is 1. The fourth-order valence-electron chi connectivity index (χ4n) is 3.37. The number of amides is 1. The minimum atomic E-state index is -0.172. The molecule has 4 rings (SSSR count). The van der Waals surface area contributed by atoms with Crippen molar-refractivity contribution in [3.63, 3.8) is 0 Å². The molecule has 0 aliphatic carbocycles. The second kappa shape index (κ2) is 6.96. The van der Waals surface area contributed by atoms with Crippen LogP contribution in [0, 0.1) is 0 Å². The SMILES string of the molecule is COc1ccc(C2CC(=O)Nc3c2ncn3-c2cccc(Cl)c2)cc1OC. The maximum Gasteiger partial charge on any atom is 0.226 e. The van der Waals surface area contributed by atoms with Gasteiger partial charge in [0.25, 0.3) is 0 Å². The zero-order valence-electron chi connectivity index (χ0n) is 14.9. The smallest absolute Gasteiger partial charge is 0.226 e. The maximum atomic E-state index is 12.4. The van der Waals surface area contributed by atoms with Gasteiger partial charge in [0.2, 0.25) is 5.91 Å². The molecule has 1 N–H and O–H groups in total. The van der Waals surface area contributed by atoms with Crippen LogP contribution < -0.4 is 14.8 Å². The Morgan fingerprint density at radius 1 is 1.15 bits per heavy atom. The highest BCUT2D eigenvalue weighted by molar-refractivity contribution is 6.30. The van der Waals surface area contributed by atoms with E-state index in [2.05, 4.69) is 10.3 Å². The van der Waals surface area contributed by atoms with Gasteiger partial charge in [0.05, 0.1) is 19.9 Å². The average Bonchev–Trinajstić information content (AvgIpc) is 3.10. The number of imidazole rings is 1. The number of hydrogen-bond donors (Lipinski definition) is 1. The summed E-state index contributed by atoms with van der Waals surface area (Å²) in [7, 11) is 3.19. The van der Waals surface area contributed by atoms with Crippen molar-refractivity contribution in [3.8, 4) is 17.2 Å². The standard InChI is InChI=1S/C20H18ClN3O3/c1-26-16-7-6-12(8-17(16)27-2)15-10-18(25)23-20-19(15)22-11-24(20)14-5-3-4-13(21)9-14/h3-9,11,15H,10H2,1-2H3,(H,23,25). The van der Waals surface area contributed by atoms with Crippen LogP contribution in [0.15, 0.2) is 48.8 Å². The molecule has 1 atom stereocenters. The van der Waals surface area contributed by atoms with Gasteiger partial charge < -0.3 is 14.8 Å². The third-order valence-electron chi connectivity index (χ3n) is 4.67. The second-order valence-corrected chi connectivity index (χ2v) is 6.68. The fraction of sp³-hybridized carbons (Fsp3) is 0.200. The summed E-state index contributed by atoms with van der Waals surface area (Å²) in [5.41, 5.74) is 2.59. The van der Waals surface area contributed by atoms with Crippen molar-refractivity contribution in [3.05, 3.63) is 65.1 Å². The van der Waals surface area contributed by atoms with Crippen molar-refractivity contribution < 1.29 is 14.3 Å². The van der Waals surface area contributed by atoms with E-state index in [4.69, 9.17) is 21.1 Å². The highest BCUT2D eigenvalue weighted by atomic mass is 35.5. The minimum absolute atomic E-state index is 0.0638. The topological polar surface area (TPSA) is 65.4 Å².